The third-order valence-electron chi connectivity index (χ3n) is 4.73. The van der Waals surface area contributed by atoms with E-state index < -0.39 is 0 Å². The fraction of sp³-hybridized carbons (Fsp3) is 0.947. The summed E-state index contributed by atoms with van der Waals surface area (Å²) in [6.07, 6.45) is 15.7. The first kappa shape index (κ1) is 19.6. The number of hydrogen-bond acceptors (Lipinski definition) is 2. The van der Waals surface area contributed by atoms with Crippen LogP contribution in [0.4, 0.5) is 0 Å². The second-order valence-corrected chi connectivity index (χ2v) is 7.50. The molecule has 0 N–H and O–H groups in total. The molecule has 1 rings (SSSR count). The lowest BCUT2D eigenvalue weighted by atomic mass is 10.0. The van der Waals surface area contributed by atoms with Gasteiger partial charge >= 0.3 is 5.91 Å². The molecule has 0 spiro atoms. The number of quaternary nitrogens is 1. The van der Waals surface area contributed by atoms with Gasteiger partial charge in [-0.25, -0.2) is 4.79 Å². The zero-order chi connectivity index (χ0) is 16.3. The van der Waals surface area contributed by atoms with Crippen LogP contribution in [0.15, 0.2) is 0 Å². The van der Waals surface area contributed by atoms with Crippen molar-refractivity contribution in [2.45, 2.75) is 90.1 Å². The van der Waals surface area contributed by atoms with E-state index in [1.807, 2.05) is 14.1 Å². The Labute approximate surface area is 138 Å². The number of carbonyl (C=O) groups is 1. The molecular formula is C19H38NO2+. The molecule has 0 bridgehead atoms. The quantitative estimate of drug-likeness (QED) is 0.264. The van der Waals surface area contributed by atoms with E-state index in [1.54, 1.807) is 0 Å². The Balaban J connectivity index is 1.87. The van der Waals surface area contributed by atoms with Gasteiger partial charge in [-0.1, -0.05) is 71.1 Å². The molecule has 1 unspecified atom stereocenters. The van der Waals surface area contributed by atoms with Crippen LogP contribution < -0.4 is 0 Å². The minimum absolute atomic E-state index is 0.330. The van der Waals surface area contributed by atoms with E-state index in [1.165, 1.54) is 64.2 Å². The van der Waals surface area contributed by atoms with Crippen molar-refractivity contribution in [1.29, 1.82) is 0 Å². The Morgan fingerprint density at radius 3 is 1.82 bits per heavy atom. The first-order chi connectivity index (χ1) is 10.6. The van der Waals surface area contributed by atoms with Crippen molar-refractivity contribution in [3.8, 4) is 0 Å². The molecule has 1 saturated heterocycles. The van der Waals surface area contributed by atoms with Gasteiger partial charge in [-0.3, -0.25) is 4.48 Å². The molecule has 0 aliphatic carbocycles. The van der Waals surface area contributed by atoms with Crippen molar-refractivity contribution >= 4 is 5.91 Å². The molecule has 3 heteroatoms. The van der Waals surface area contributed by atoms with Crippen LogP contribution in [0.3, 0.4) is 0 Å². The zero-order valence-electron chi connectivity index (χ0n) is 15.2. The summed E-state index contributed by atoms with van der Waals surface area (Å²) in [6, 6.07) is 0. The van der Waals surface area contributed by atoms with Gasteiger partial charge in [0, 0.05) is 0 Å². The van der Waals surface area contributed by atoms with E-state index in [2.05, 4.69) is 6.92 Å². The lowest BCUT2D eigenvalue weighted by Gasteiger charge is -2.26. The number of epoxide rings is 1. The minimum Gasteiger partial charge on any atom is -0.367 e. The van der Waals surface area contributed by atoms with E-state index in [9.17, 15) is 4.79 Å². The molecule has 1 aliphatic rings. The van der Waals surface area contributed by atoms with Crippen LogP contribution in [-0.4, -0.2) is 43.7 Å². The Hall–Kier alpha value is -0.410. The summed E-state index contributed by atoms with van der Waals surface area (Å²) in [7, 11) is 4.03. The molecule has 3 nitrogen and oxygen atoms in total. The smallest absolute Gasteiger partial charge is 0.313 e. The zero-order valence-corrected chi connectivity index (χ0v) is 15.2. The SMILES string of the molecule is CCCCCCCCCCCCCC(=O)[N+](C)(C)CC1CO1. The van der Waals surface area contributed by atoms with Gasteiger partial charge in [0.05, 0.1) is 27.1 Å². The third kappa shape index (κ3) is 9.58. The van der Waals surface area contributed by atoms with Crippen molar-refractivity contribution in [3.05, 3.63) is 0 Å². The van der Waals surface area contributed by atoms with Gasteiger partial charge in [-0.2, -0.15) is 0 Å². The number of likely N-dealkylation sites (N-methyl/N-ethyl adjacent to an activating group) is 1. The fourth-order valence-electron chi connectivity index (χ4n) is 3.03. The van der Waals surface area contributed by atoms with Gasteiger partial charge in [0.2, 0.25) is 0 Å². The highest BCUT2D eigenvalue weighted by Crippen LogP contribution is 2.17. The van der Waals surface area contributed by atoms with Gasteiger partial charge in [0.1, 0.15) is 12.6 Å². The van der Waals surface area contributed by atoms with E-state index in [4.69, 9.17) is 4.74 Å². The molecule has 0 aromatic rings. The van der Waals surface area contributed by atoms with Crippen LogP contribution in [0.2, 0.25) is 0 Å². The van der Waals surface area contributed by atoms with Crippen molar-refractivity contribution in [3.63, 3.8) is 0 Å². The summed E-state index contributed by atoms with van der Waals surface area (Å²) in [5, 5.41) is 0. The highest BCUT2D eigenvalue weighted by atomic mass is 16.6. The van der Waals surface area contributed by atoms with E-state index in [0.717, 1.165) is 26.0 Å². The fourth-order valence-corrected chi connectivity index (χ4v) is 3.03. The predicted molar refractivity (Wildman–Crippen MR) is 92.8 cm³/mol. The maximum Gasteiger partial charge on any atom is 0.313 e. The Kier molecular flexibility index (Phi) is 9.98. The molecule has 0 aromatic carbocycles. The molecular weight excluding hydrogens is 274 g/mol. The van der Waals surface area contributed by atoms with Gasteiger partial charge < -0.3 is 4.74 Å². The average Bonchev–Trinajstić information content (AvgIpc) is 3.27. The summed E-state index contributed by atoms with van der Waals surface area (Å²) in [4.78, 5) is 12.2. The van der Waals surface area contributed by atoms with Gasteiger partial charge in [0.15, 0.2) is 0 Å². The number of unbranched alkanes of at least 4 members (excludes halogenated alkanes) is 10. The van der Waals surface area contributed by atoms with E-state index >= 15 is 0 Å². The first-order valence-corrected chi connectivity index (χ1v) is 9.54. The van der Waals surface area contributed by atoms with Crippen LogP contribution in [0, 0.1) is 0 Å². The lowest BCUT2D eigenvalue weighted by molar-refractivity contribution is -0.814. The second-order valence-electron chi connectivity index (χ2n) is 7.50. The molecule has 0 aromatic heterocycles. The summed E-state index contributed by atoms with van der Waals surface area (Å²) in [5.74, 6) is 0.367. The van der Waals surface area contributed by atoms with Crippen molar-refractivity contribution < 1.29 is 14.0 Å². The molecule has 0 radical (unpaired) electrons. The second kappa shape index (κ2) is 11.2. The number of amides is 1. The summed E-state index contributed by atoms with van der Waals surface area (Å²) in [5.41, 5.74) is 0. The highest BCUT2D eigenvalue weighted by molar-refractivity contribution is 5.68. The average molecular weight is 313 g/mol. The number of nitrogens with zero attached hydrogens (tertiary/aromatic N) is 1. The lowest BCUT2D eigenvalue weighted by Crippen LogP contribution is -2.47. The standard InChI is InChI=1S/C19H38NO2/c1-4-5-6-7-8-9-10-11-12-13-14-15-19(21)20(2,3)16-18-17-22-18/h18H,4-17H2,1-3H3/q+1. The van der Waals surface area contributed by atoms with Crippen LogP contribution in [0.1, 0.15) is 84.0 Å². The molecule has 22 heavy (non-hydrogen) atoms. The third-order valence-corrected chi connectivity index (χ3v) is 4.73. The number of hydrogen-bond donors (Lipinski definition) is 0. The highest BCUT2D eigenvalue weighted by Gasteiger charge is 2.35. The number of carbonyl (C=O) groups excluding carboxylic acids is 1. The van der Waals surface area contributed by atoms with Crippen molar-refractivity contribution in [2.75, 3.05) is 27.2 Å². The topological polar surface area (TPSA) is 29.6 Å². The van der Waals surface area contributed by atoms with Crippen LogP contribution >= 0.6 is 0 Å². The molecule has 0 saturated carbocycles. The maximum absolute atomic E-state index is 12.2. The normalized spacial score (nSPS) is 17.7. The minimum atomic E-state index is 0.330. The summed E-state index contributed by atoms with van der Waals surface area (Å²) in [6.45, 7) is 3.95. The maximum atomic E-state index is 12.2. The van der Waals surface area contributed by atoms with E-state index in [0.29, 0.717) is 16.5 Å². The monoisotopic (exact) mass is 312 g/mol. The Bertz CT molecular complexity index is 298. The first-order valence-electron chi connectivity index (χ1n) is 9.54. The van der Waals surface area contributed by atoms with Gasteiger partial charge in [-0.05, 0) is 6.42 Å². The van der Waals surface area contributed by atoms with Gasteiger partial charge in [-0.15, -0.1) is 0 Å². The Morgan fingerprint density at radius 2 is 1.36 bits per heavy atom. The molecule has 1 heterocycles. The van der Waals surface area contributed by atoms with E-state index in [-0.39, 0.29) is 0 Å². The molecule has 1 atom stereocenters. The Morgan fingerprint density at radius 1 is 0.909 bits per heavy atom. The number of rotatable bonds is 14. The molecule has 130 valence electrons. The summed E-state index contributed by atoms with van der Waals surface area (Å²) < 4.78 is 5.73. The number of ether oxygens (including phenoxy) is 1. The molecule has 1 fully saturated rings. The summed E-state index contributed by atoms with van der Waals surface area (Å²) >= 11 is 0. The van der Waals surface area contributed by atoms with Crippen molar-refractivity contribution in [2.24, 2.45) is 0 Å². The van der Waals surface area contributed by atoms with Gasteiger partial charge in [0.25, 0.3) is 0 Å². The van der Waals surface area contributed by atoms with Crippen LogP contribution in [-0.2, 0) is 9.53 Å². The molecule has 1 aliphatic heterocycles. The predicted octanol–water partition coefficient (Wildman–Crippen LogP) is 4.69. The van der Waals surface area contributed by atoms with Crippen LogP contribution in [0.5, 0.6) is 0 Å². The molecule has 1 amide bonds. The largest absolute Gasteiger partial charge is 0.367 e. The van der Waals surface area contributed by atoms with Crippen LogP contribution in [0.25, 0.3) is 0 Å². The van der Waals surface area contributed by atoms with Crippen molar-refractivity contribution in [1.82, 2.24) is 0 Å².